The predicted octanol–water partition coefficient (Wildman–Crippen LogP) is 1.66. The van der Waals surface area contributed by atoms with Crippen molar-refractivity contribution < 1.29 is 9.47 Å². The molecular weight excluding hydrogens is 228 g/mol. The highest BCUT2D eigenvalue weighted by molar-refractivity contribution is 5.02. The average molecular weight is 258 g/mol. The minimum absolute atomic E-state index is 0.0297. The molecule has 4 atom stereocenters. The van der Waals surface area contributed by atoms with Crippen LogP contribution in [-0.4, -0.2) is 36.5 Å². The molecule has 1 aliphatic carbocycles. The van der Waals surface area contributed by atoms with E-state index < -0.39 is 0 Å². The summed E-state index contributed by atoms with van der Waals surface area (Å²) in [5, 5.41) is 0. The quantitative estimate of drug-likeness (QED) is 0.694. The van der Waals surface area contributed by atoms with Crippen LogP contribution in [-0.2, 0) is 9.47 Å². The van der Waals surface area contributed by atoms with E-state index in [4.69, 9.17) is 20.9 Å². The molecule has 0 spiro atoms. The van der Waals surface area contributed by atoms with Crippen molar-refractivity contribution >= 4 is 0 Å². The molecule has 4 nitrogen and oxygen atoms in total. The highest BCUT2D eigenvalue weighted by Gasteiger charge is 2.52. The third-order valence-corrected chi connectivity index (χ3v) is 3.52. The Kier molecular flexibility index (Phi) is 5.18. The number of hydrogen-bond acceptors (Lipinski definition) is 4. The average Bonchev–Trinajstić information content (AvgIpc) is 2.83. The first-order valence-corrected chi connectivity index (χ1v) is 6.94. The fourth-order valence-electron chi connectivity index (χ4n) is 2.32. The number of rotatable bonds is 8. The molecular formula is C14H30N2O2. The van der Waals surface area contributed by atoms with Crippen molar-refractivity contribution in [2.24, 2.45) is 17.4 Å². The van der Waals surface area contributed by atoms with E-state index in [2.05, 4.69) is 20.8 Å². The molecule has 0 saturated heterocycles. The summed E-state index contributed by atoms with van der Waals surface area (Å²) in [5.74, 6) is 0.489. The molecule has 0 aromatic heterocycles. The van der Waals surface area contributed by atoms with Gasteiger partial charge in [0.2, 0.25) is 0 Å². The summed E-state index contributed by atoms with van der Waals surface area (Å²) in [6.07, 6.45) is 1.94. The number of nitrogens with two attached hydrogens (primary N) is 2. The summed E-state index contributed by atoms with van der Waals surface area (Å²) in [6.45, 7) is 11.7. The van der Waals surface area contributed by atoms with Crippen LogP contribution in [0.1, 0.15) is 47.5 Å². The summed E-state index contributed by atoms with van der Waals surface area (Å²) < 4.78 is 11.8. The number of hydrogen-bond donors (Lipinski definition) is 2. The lowest BCUT2D eigenvalue weighted by Gasteiger charge is -2.27. The summed E-state index contributed by atoms with van der Waals surface area (Å²) in [7, 11) is 0. The summed E-state index contributed by atoms with van der Waals surface area (Å²) >= 11 is 0. The van der Waals surface area contributed by atoms with Gasteiger partial charge in [0.1, 0.15) is 0 Å². The lowest BCUT2D eigenvalue weighted by atomic mass is 10.0. The van der Waals surface area contributed by atoms with Gasteiger partial charge in [-0.05, 0) is 47.5 Å². The molecule has 18 heavy (non-hydrogen) atoms. The van der Waals surface area contributed by atoms with Gasteiger partial charge in [0.25, 0.3) is 0 Å². The maximum Gasteiger partial charge on any atom is 0.0710 e. The second-order valence-corrected chi connectivity index (χ2v) is 6.75. The Labute approximate surface area is 111 Å². The van der Waals surface area contributed by atoms with Crippen LogP contribution in [0.2, 0.25) is 0 Å². The van der Waals surface area contributed by atoms with E-state index in [1.54, 1.807) is 0 Å². The summed E-state index contributed by atoms with van der Waals surface area (Å²) in [6, 6.07) is 0.262. The van der Waals surface area contributed by atoms with Crippen molar-refractivity contribution in [3.63, 3.8) is 0 Å². The van der Waals surface area contributed by atoms with Gasteiger partial charge in [0, 0.05) is 18.0 Å². The Bertz CT molecular complexity index is 267. The zero-order chi connectivity index (χ0) is 14.0. The highest BCUT2D eigenvalue weighted by Crippen LogP contribution is 2.47. The standard InChI is InChI=1S/C14H30N2O2/c1-10(15)6-13(3,4)17-9-12-7-14(12,5)18-8-11(2)16/h10-12H,6-9,15-16H2,1-5H3. The van der Waals surface area contributed by atoms with E-state index in [1.165, 1.54) is 0 Å². The van der Waals surface area contributed by atoms with Crippen molar-refractivity contribution in [3.05, 3.63) is 0 Å². The second kappa shape index (κ2) is 5.87. The number of ether oxygens (including phenoxy) is 2. The van der Waals surface area contributed by atoms with E-state index in [0.717, 1.165) is 19.4 Å². The molecule has 0 heterocycles. The van der Waals surface area contributed by atoms with Gasteiger partial charge in [-0.2, -0.15) is 0 Å². The first kappa shape index (κ1) is 15.9. The zero-order valence-electron chi connectivity index (χ0n) is 12.5. The van der Waals surface area contributed by atoms with E-state index in [1.807, 2.05) is 13.8 Å². The topological polar surface area (TPSA) is 70.5 Å². The fraction of sp³-hybridized carbons (Fsp3) is 1.00. The van der Waals surface area contributed by atoms with Gasteiger partial charge in [-0.15, -0.1) is 0 Å². The van der Waals surface area contributed by atoms with Crippen LogP contribution in [0.15, 0.2) is 0 Å². The molecule has 1 aliphatic rings. The third-order valence-electron chi connectivity index (χ3n) is 3.52. The maximum absolute atomic E-state index is 5.98. The lowest BCUT2D eigenvalue weighted by Crippen LogP contribution is -2.34. The molecule has 0 aromatic rings. The van der Waals surface area contributed by atoms with Crippen molar-refractivity contribution in [3.8, 4) is 0 Å². The predicted molar refractivity (Wildman–Crippen MR) is 74.4 cm³/mol. The van der Waals surface area contributed by atoms with Gasteiger partial charge < -0.3 is 20.9 Å². The van der Waals surface area contributed by atoms with Crippen LogP contribution in [0.5, 0.6) is 0 Å². The molecule has 4 unspecified atom stereocenters. The normalized spacial score (nSPS) is 31.2. The van der Waals surface area contributed by atoms with Gasteiger partial charge in [-0.3, -0.25) is 0 Å². The minimum Gasteiger partial charge on any atom is -0.375 e. The zero-order valence-corrected chi connectivity index (χ0v) is 12.5. The Balaban J connectivity index is 2.26. The van der Waals surface area contributed by atoms with Crippen LogP contribution in [0.4, 0.5) is 0 Å². The second-order valence-electron chi connectivity index (χ2n) is 6.75. The maximum atomic E-state index is 5.98. The van der Waals surface area contributed by atoms with Crippen molar-refractivity contribution in [1.82, 2.24) is 0 Å². The van der Waals surface area contributed by atoms with Gasteiger partial charge in [0.15, 0.2) is 0 Å². The summed E-state index contributed by atoms with van der Waals surface area (Å²) in [5.41, 5.74) is 11.3. The Hall–Kier alpha value is -0.160. The lowest BCUT2D eigenvalue weighted by molar-refractivity contribution is -0.0497. The van der Waals surface area contributed by atoms with E-state index >= 15 is 0 Å². The highest BCUT2D eigenvalue weighted by atomic mass is 16.5. The molecule has 1 fully saturated rings. The summed E-state index contributed by atoms with van der Waals surface area (Å²) in [4.78, 5) is 0. The van der Waals surface area contributed by atoms with Crippen LogP contribution in [0.25, 0.3) is 0 Å². The van der Waals surface area contributed by atoms with E-state index in [9.17, 15) is 0 Å². The van der Waals surface area contributed by atoms with Gasteiger partial charge >= 0.3 is 0 Å². The van der Waals surface area contributed by atoms with E-state index in [0.29, 0.717) is 12.5 Å². The van der Waals surface area contributed by atoms with Crippen molar-refractivity contribution in [2.45, 2.75) is 70.7 Å². The smallest absolute Gasteiger partial charge is 0.0710 e. The molecule has 1 saturated carbocycles. The fourth-order valence-corrected chi connectivity index (χ4v) is 2.32. The van der Waals surface area contributed by atoms with Gasteiger partial charge in [-0.25, -0.2) is 0 Å². The van der Waals surface area contributed by atoms with Crippen LogP contribution in [0, 0.1) is 5.92 Å². The molecule has 0 radical (unpaired) electrons. The Morgan fingerprint density at radius 3 is 2.39 bits per heavy atom. The van der Waals surface area contributed by atoms with Gasteiger partial charge in [0.05, 0.1) is 24.4 Å². The molecule has 0 bridgehead atoms. The van der Waals surface area contributed by atoms with Crippen molar-refractivity contribution in [1.29, 1.82) is 0 Å². The molecule has 0 aromatic carbocycles. The molecule has 1 rings (SSSR count). The first-order chi connectivity index (χ1) is 8.15. The van der Waals surface area contributed by atoms with E-state index in [-0.39, 0.29) is 23.3 Å². The molecule has 0 aliphatic heterocycles. The molecule has 4 N–H and O–H groups in total. The Morgan fingerprint density at radius 1 is 1.28 bits per heavy atom. The molecule has 108 valence electrons. The van der Waals surface area contributed by atoms with Crippen LogP contribution < -0.4 is 11.5 Å². The van der Waals surface area contributed by atoms with Crippen molar-refractivity contribution in [2.75, 3.05) is 13.2 Å². The minimum atomic E-state index is -0.154. The van der Waals surface area contributed by atoms with Crippen LogP contribution >= 0.6 is 0 Å². The largest absolute Gasteiger partial charge is 0.375 e. The molecule has 4 heteroatoms. The monoisotopic (exact) mass is 258 g/mol. The Morgan fingerprint density at radius 2 is 1.89 bits per heavy atom. The first-order valence-electron chi connectivity index (χ1n) is 6.94. The molecule has 0 amide bonds. The van der Waals surface area contributed by atoms with Gasteiger partial charge in [-0.1, -0.05) is 0 Å². The SMILES string of the molecule is CC(N)COC1(C)CC1COC(C)(C)CC(C)N. The van der Waals surface area contributed by atoms with Crippen LogP contribution in [0.3, 0.4) is 0 Å². The third kappa shape index (κ3) is 5.22.